The van der Waals surface area contributed by atoms with Gasteiger partial charge in [-0.15, -0.1) is 11.6 Å². The largest absolute Gasteiger partial charge is 0.326 e. The van der Waals surface area contributed by atoms with Crippen LogP contribution in [0.1, 0.15) is 52.4 Å². The number of hydrogen-bond donors (Lipinski definition) is 1. The lowest BCUT2D eigenvalue weighted by atomic mass is 9.50. The highest BCUT2D eigenvalue weighted by Gasteiger charge is 2.56. The lowest BCUT2D eigenvalue weighted by Gasteiger charge is -2.59. The van der Waals surface area contributed by atoms with Crippen LogP contribution in [0.4, 0.5) is 0 Å². The zero-order valence-electron chi connectivity index (χ0n) is 10.5. The molecule has 4 bridgehead atoms. The van der Waals surface area contributed by atoms with Crippen molar-refractivity contribution in [2.45, 2.75) is 62.8 Å². The summed E-state index contributed by atoms with van der Waals surface area (Å²) in [5, 5.41) is 0. The highest BCUT2D eigenvalue weighted by molar-refractivity contribution is 6.24. The molecule has 0 aromatic carbocycles. The van der Waals surface area contributed by atoms with E-state index in [2.05, 4.69) is 13.8 Å². The van der Waals surface area contributed by atoms with E-state index in [4.69, 9.17) is 17.3 Å². The van der Waals surface area contributed by atoms with E-state index in [1.54, 1.807) is 0 Å². The molecule has 4 aliphatic carbocycles. The SMILES string of the molecule is CC(C)(N)CC1C2CC3CC(C2)CC1(Cl)C3. The molecule has 4 aliphatic rings. The van der Waals surface area contributed by atoms with Crippen molar-refractivity contribution in [3.8, 4) is 0 Å². The van der Waals surface area contributed by atoms with Crippen molar-refractivity contribution >= 4 is 11.6 Å². The number of hydrogen-bond acceptors (Lipinski definition) is 1. The second-order valence-electron chi connectivity index (χ2n) is 7.44. The van der Waals surface area contributed by atoms with Crippen LogP contribution in [0.3, 0.4) is 0 Å². The molecule has 4 fully saturated rings. The zero-order valence-corrected chi connectivity index (χ0v) is 11.3. The smallest absolute Gasteiger partial charge is 0.0483 e. The predicted octanol–water partition coefficient (Wildman–Crippen LogP) is 3.55. The van der Waals surface area contributed by atoms with Crippen LogP contribution < -0.4 is 5.73 Å². The molecule has 3 unspecified atom stereocenters. The molecule has 2 N–H and O–H groups in total. The molecule has 92 valence electrons. The van der Waals surface area contributed by atoms with Crippen LogP contribution in [0.25, 0.3) is 0 Å². The van der Waals surface area contributed by atoms with Gasteiger partial charge < -0.3 is 5.73 Å². The van der Waals surface area contributed by atoms with Gasteiger partial charge in [0.1, 0.15) is 0 Å². The average molecular weight is 242 g/mol. The van der Waals surface area contributed by atoms with Crippen molar-refractivity contribution in [1.29, 1.82) is 0 Å². The van der Waals surface area contributed by atoms with Crippen LogP contribution >= 0.6 is 11.6 Å². The average Bonchev–Trinajstić information content (AvgIpc) is 2.08. The first kappa shape index (κ1) is 11.3. The molecule has 3 atom stereocenters. The summed E-state index contributed by atoms with van der Waals surface area (Å²) in [5.41, 5.74) is 6.16. The Morgan fingerprint density at radius 1 is 1.19 bits per heavy atom. The molecule has 0 amide bonds. The van der Waals surface area contributed by atoms with Gasteiger partial charge in [-0.05, 0) is 76.0 Å². The summed E-state index contributed by atoms with van der Waals surface area (Å²) in [5.74, 6) is 3.44. The van der Waals surface area contributed by atoms with E-state index in [-0.39, 0.29) is 10.4 Å². The van der Waals surface area contributed by atoms with Crippen LogP contribution in [0.2, 0.25) is 0 Å². The number of halogens is 1. The van der Waals surface area contributed by atoms with E-state index < -0.39 is 0 Å². The molecule has 1 nitrogen and oxygen atoms in total. The first-order valence-electron chi connectivity index (χ1n) is 6.83. The predicted molar refractivity (Wildman–Crippen MR) is 68.5 cm³/mol. The highest BCUT2D eigenvalue weighted by atomic mass is 35.5. The summed E-state index contributed by atoms with van der Waals surface area (Å²) in [6.07, 6.45) is 7.98. The lowest BCUT2D eigenvalue weighted by Crippen LogP contribution is -2.56. The first-order chi connectivity index (χ1) is 7.36. The Balaban J connectivity index is 1.83. The maximum atomic E-state index is 6.95. The Hall–Kier alpha value is 0.250. The summed E-state index contributed by atoms with van der Waals surface area (Å²) >= 11 is 6.95. The molecule has 0 saturated heterocycles. The first-order valence-corrected chi connectivity index (χ1v) is 7.21. The van der Waals surface area contributed by atoms with E-state index in [1.807, 2.05) is 0 Å². The second-order valence-corrected chi connectivity index (χ2v) is 8.19. The van der Waals surface area contributed by atoms with Gasteiger partial charge in [-0.3, -0.25) is 0 Å². The van der Waals surface area contributed by atoms with Gasteiger partial charge in [-0.1, -0.05) is 0 Å². The van der Waals surface area contributed by atoms with Crippen molar-refractivity contribution < 1.29 is 0 Å². The Kier molecular flexibility index (Phi) is 2.40. The molecule has 0 spiro atoms. The standard InChI is InChI=1S/C14H24ClN/c1-13(2,16)8-12-11-4-9-3-10(5-11)7-14(12,15)6-9/h9-12H,3-8,16H2,1-2H3. The third-order valence-electron chi connectivity index (χ3n) is 5.17. The summed E-state index contributed by atoms with van der Waals surface area (Å²) < 4.78 is 0. The third-order valence-corrected chi connectivity index (χ3v) is 5.76. The minimum absolute atomic E-state index is 0.0536. The fraction of sp³-hybridized carbons (Fsp3) is 1.00. The zero-order chi connectivity index (χ0) is 11.6. The molecule has 2 heteroatoms. The maximum absolute atomic E-state index is 6.95. The van der Waals surface area contributed by atoms with Gasteiger partial charge in [0.25, 0.3) is 0 Å². The molecular formula is C14H24ClN. The van der Waals surface area contributed by atoms with E-state index in [0.29, 0.717) is 5.92 Å². The van der Waals surface area contributed by atoms with Gasteiger partial charge in [-0.25, -0.2) is 0 Å². The van der Waals surface area contributed by atoms with Gasteiger partial charge >= 0.3 is 0 Å². The summed E-state index contributed by atoms with van der Waals surface area (Å²) in [4.78, 5) is 0.116. The Morgan fingerprint density at radius 2 is 1.75 bits per heavy atom. The fourth-order valence-electron chi connectivity index (χ4n) is 4.96. The Labute approximate surface area is 104 Å². The normalized spacial score (nSPS) is 51.0. The van der Waals surface area contributed by atoms with Crippen molar-refractivity contribution in [1.82, 2.24) is 0 Å². The monoisotopic (exact) mass is 241 g/mol. The summed E-state index contributed by atoms with van der Waals surface area (Å²) in [7, 11) is 0. The maximum Gasteiger partial charge on any atom is 0.0483 e. The van der Waals surface area contributed by atoms with Gasteiger partial charge in [0, 0.05) is 10.4 Å². The fourth-order valence-corrected chi connectivity index (χ4v) is 5.65. The van der Waals surface area contributed by atoms with Gasteiger partial charge in [0.2, 0.25) is 0 Å². The Bertz CT molecular complexity index is 280. The quantitative estimate of drug-likeness (QED) is 0.736. The highest BCUT2D eigenvalue weighted by Crippen LogP contribution is 2.62. The van der Waals surface area contributed by atoms with E-state index >= 15 is 0 Å². The molecule has 0 aliphatic heterocycles. The second kappa shape index (κ2) is 3.38. The van der Waals surface area contributed by atoms with Crippen molar-refractivity contribution in [2.75, 3.05) is 0 Å². The molecule has 0 radical (unpaired) electrons. The van der Waals surface area contributed by atoms with Crippen LogP contribution in [0.5, 0.6) is 0 Å². The van der Waals surface area contributed by atoms with E-state index in [9.17, 15) is 0 Å². The molecule has 0 aromatic rings. The molecule has 4 saturated carbocycles. The van der Waals surface area contributed by atoms with Gasteiger partial charge in [0.15, 0.2) is 0 Å². The van der Waals surface area contributed by atoms with Crippen molar-refractivity contribution in [2.24, 2.45) is 29.4 Å². The Morgan fingerprint density at radius 3 is 2.19 bits per heavy atom. The van der Waals surface area contributed by atoms with Crippen LogP contribution in [-0.4, -0.2) is 10.4 Å². The number of alkyl halides is 1. The van der Waals surface area contributed by atoms with E-state index in [0.717, 1.165) is 24.2 Å². The van der Waals surface area contributed by atoms with Gasteiger partial charge in [0.05, 0.1) is 0 Å². The molecule has 16 heavy (non-hydrogen) atoms. The summed E-state index contributed by atoms with van der Waals surface area (Å²) in [6.45, 7) is 4.30. The molecule has 4 rings (SSSR count). The van der Waals surface area contributed by atoms with Crippen molar-refractivity contribution in [3.63, 3.8) is 0 Å². The minimum atomic E-state index is -0.0536. The minimum Gasteiger partial charge on any atom is -0.326 e. The molecule has 0 aromatic heterocycles. The molecule has 0 heterocycles. The van der Waals surface area contributed by atoms with E-state index in [1.165, 1.54) is 32.1 Å². The van der Waals surface area contributed by atoms with Crippen LogP contribution in [0, 0.1) is 23.7 Å². The summed E-state index contributed by atoms with van der Waals surface area (Å²) in [6, 6.07) is 0. The van der Waals surface area contributed by atoms with Crippen molar-refractivity contribution in [3.05, 3.63) is 0 Å². The van der Waals surface area contributed by atoms with Gasteiger partial charge in [-0.2, -0.15) is 0 Å². The molecular weight excluding hydrogens is 218 g/mol. The van der Waals surface area contributed by atoms with Crippen LogP contribution in [0.15, 0.2) is 0 Å². The van der Waals surface area contributed by atoms with Crippen LogP contribution in [-0.2, 0) is 0 Å². The lowest BCUT2D eigenvalue weighted by molar-refractivity contribution is -0.0299. The number of rotatable bonds is 2. The number of nitrogens with two attached hydrogens (primary N) is 1. The third kappa shape index (κ3) is 1.80. The topological polar surface area (TPSA) is 26.0 Å².